The smallest absolute Gasteiger partial charge is 0.253 e. The van der Waals surface area contributed by atoms with Gasteiger partial charge in [-0.15, -0.1) is 0 Å². The summed E-state index contributed by atoms with van der Waals surface area (Å²) >= 11 is 0. The fourth-order valence-corrected chi connectivity index (χ4v) is 2.53. The molecular weight excluding hydrogens is 284 g/mol. The molecule has 0 saturated carbocycles. The van der Waals surface area contributed by atoms with Crippen molar-refractivity contribution < 1.29 is 4.79 Å². The van der Waals surface area contributed by atoms with Gasteiger partial charge in [-0.25, -0.2) is 0 Å². The summed E-state index contributed by atoms with van der Waals surface area (Å²) in [6, 6.07) is 23.7. The lowest BCUT2D eigenvalue weighted by molar-refractivity contribution is 0.0936. The maximum Gasteiger partial charge on any atom is 0.253 e. The molecule has 3 aromatic rings. The van der Waals surface area contributed by atoms with E-state index in [9.17, 15) is 4.79 Å². The Morgan fingerprint density at radius 1 is 0.913 bits per heavy atom. The summed E-state index contributed by atoms with van der Waals surface area (Å²) in [6.07, 6.45) is 3.99. The number of nitrogens with zero attached hydrogens (tertiary/aromatic N) is 1. The van der Waals surface area contributed by atoms with E-state index in [1.807, 2.05) is 48.5 Å². The highest BCUT2D eigenvalue weighted by atomic mass is 16.1. The molecule has 1 amide bonds. The molecule has 3 heteroatoms. The van der Waals surface area contributed by atoms with Crippen molar-refractivity contribution in [1.29, 1.82) is 0 Å². The van der Waals surface area contributed by atoms with E-state index in [1.54, 1.807) is 24.5 Å². The summed E-state index contributed by atoms with van der Waals surface area (Å²) in [5, 5.41) is 3.12. The van der Waals surface area contributed by atoms with Gasteiger partial charge in [-0.1, -0.05) is 60.7 Å². The van der Waals surface area contributed by atoms with Crippen molar-refractivity contribution in [3.05, 3.63) is 102 Å². The number of pyridine rings is 1. The fourth-order valence-electron chi connectivity index (χ4n) is 2.53. The van der Waals surface area contributed by atoms with Crippen LogP contribution in [0.1, 0.15) is 27.5 Å². The number of aromatic nitrogens is 1. The zero-order valence-electron chi connectivity index (χ0n) is 12.7. The summed E-state index contributed by atoms with van der Waals surface area (Å²) < 4.78 is 0. The average molecular weight is 302 g/mol. The second-order valence-electron chi connectivity index (χ2n) is 5.37. The minimum atomic E-state index is -0.108. The van der Waals surface area contributed by atoms with Gasteiger partial charge in [0.15, 0.2) is 0 Å². The second kappa shape index (κ2) is 7.36. The van der Waals surface area contributed by atoms with Crippen LogP contribution >= 0.6 is 0 Å². The summed E-state index contributed by atoms with van der Waals surface area (Å²) in [6.45, 7) is 0. The van der Waals surface area contributed by atoms with Gasteiger partial charge in [-0.3, -0.25) is 9.78 Å². The van der Waals surface area contributed by atoms with Gasteiger partial charge in [0.1, 0.15) is 0 Å². The standard InChI is InChI=1S/C20H18N2O/c23-20(18-12-7-13-21-15-18)22-19(17-10-5-2-6-11-17)14-16-8-3-1-4-9-16/h1-13,15,19H,14H2,(H,22,23)/t19-/m1/s1. The molecule has 0 aliphatic carbocycles. The van der Waals surface area contributed by atoms with Crippen LogP contribution in [-0.2, 0) is 6.42 Å². The van der Waals surface area contributed by atoms with Crippen molar-refractivity contribution in [3.63, 3.8) is 0 Å². The number of hydrogen-bond acceptors (Lipinski definition) is 2. The van der Waals surface area contributed by atoms with Gasteiger partial charge in [-0.2, -0.15) is 0 Å². The maximum atomic E-state index is 12.5. The van der Waals surface area contributed by atoms with Gasteiger partial charge in [0, 0.05) is 12.4 Å². The predicted molar refractivity (Wildman–Crippen MR) is 91.0 cm³/mol. The summed E-state index contributed by atoms with van der Waals surface area (Å²) in [4.78, 5) is 16.5. The van der Waals surface area contributed by atoms with E-state index in [2.05, 4.69) is 22.4 Å². The van der Waals surface area contributed by atoms with E-state index in [1.165, 1.54) is 5.56 Å². The monoisotopic (exact) mass is 302 g/mol. The fraction of sp³-hybridized carbons (Fsp3) is 0.100. The molecule has 2 aromatic carbocycles. The Balaban J connectivity index is 1.82. The van der Waals surface area contributed by atoms with E-state index in [4.69, 9.17) is 0 Å². The largest absolute Gasteiger partial charge is 0.345 e. The number of hydrogen-bond donors (Lipinski definition) is 1. The van der Waals surface area contributed by atoms with E-state index in [0.717, 1.165) is 12.0 Å². The minimum absolute atomic E-state index is 0.0775. The quantitative estimate of drug-likeness (QED) is 0.779. The van der Waals surface area contributed by atoms with Crippen LogP contribution in [0.4, 0.5) is 0 Å². The molecule has 3 nitrogen and oxygen atoms in total. The first-order valence-corrected chi connectivity index (χ1v) is 7.63. The van der Waals surface area contributed by atoms with Gasteiger partial charge in [0.05, 0.1) is 11.6 Å². The Bertz CT molecular complexity index is 742. The van der Waals surface area contributed by atoms with Gasteiger partial charge in [0.25, 0.3) is 5.91 Å². The molecule has 1 N–H and O–H groups in total. The molecule has 1 heterocycles. The third-order valence-electron chi connectivity index (χ3n) is 3.71. The van der Waals surface area contributed by atoms with Crippen molar-refractivity contribution in [2.24, 2.45) is 0 Å². The van der Waals surface area contributed by atoms with E-state index in [-0.39, 0.29) is 11.9 Å². The number of carbonyl (C=O) groups is 1. The molecule has 0 radical (unpaired) electrons. The lowest BCUT2D eigenvalue weighted by Gasteiger charge is -2.19. The highest BCUT2D eigenvalue weighted by molar-refractivity contribution is 5.94. The Morgan fingerprint density at radius 3 is 2.26 bits per heavy atom. The minimum Gasteiger partial charge on any atom is -0.345 e. The SMILES string of the molecule is O=C(N[C@H](Cc1ccccc1)c1ccccc1)c1cccnc1. The molecule has 0 saturated heterocycles. The maximum absolute atomic E-state index is 12.5. The third kappa shape index (κ3) is 4.04. The Labute approximate surface area is 136 Å². The van der Waals surface area contributed by atoms with Crippen LogP contribution in [0, 0.1) is 0 Å². The average Bonchev–Trinajstić information content (AvgIpc) is 2.63. The molecule has 0 unspecified atom stereocenters. The number of benzene rings is 2. The van der Waals surface area contributed by atoms with Crippen LogP contribution < -0.4 is 5.32 Å². The van der Waals surface area contributed by atoms with Crippen molar-refractivity contribution >= 4 is 5.91 Å². The number of carbonyl (C=O) groups excluding carboxylic acids is 1. The van der Waals surface area contributed by atoms with Crippen LogP contribution in [0.15, 0.2) is 85.2 Å². The van der Waals surface area contributed by atoms with Crippen molar-refractivity contribution in [2.75, 3.05) is 0 Å². The molecular formula is C20H18N2O. The molecule has 0 aliphatic heterocycles. The summed E-state index contributed by atoms with van der Waals surface area (Å²) in [5.41, 5.74) is 2.85. The van der Waals surface area contributed by atoms with E-state index in [0.29, 0.717) is 5.56 Å². The van der Waals surface area contributed by atoms with Crippen molar-refractivity contribution in [3.8, 4) is 0 Å². The molecule has 1 atom stereocenters. The first-order chi connectivity index (χ1) is 11.3. The normalized spacial score (nSPS) is 11.7. The van der Waals surface area contributed by atoms with Crippen LogP contribution in [0.2, 0.25) is 0 Å². The van der Waals surface area contributed by atoms with Crippen molar-refractivity contribution in [2.45, 2.75) is 12.5 Å². The zero-order chi connectivity index (χ0) is 15.9. The molecule has 114 valence electrons. The highest BCUT2D eigenvalue weighted by Crippen LogP contribution is 2.19. The van der Waals surface area contributed by atoms with Crippen LogP contribution in [0.5, 0.6) is 0 Å². The Hall–Kier alpha value is -2.94. The summed E-state index contributed by atoms with van der Waals surface area (Å²) in [5.74, 6) is -0.108. The van der Waals surface area contributed by atoms with Gasteiger partial charge >= 0.3 is 0 Å². The number of amides is 1. The highest BCUT2D eigenvalue weighted by Gasteiger charge is 2.16. The Morgan fingerprint density at radius 2 is 1.61 bits per heavy atom. The molecule has 3 rings (SSSR count). The van der Waals surface area contributed by atoms with Crippen LogP contribution in [0.25, 0.3) is 0 Å². The number of nitrogens with one attached hydrogen (secondary N) is 1. The molecule has 1 aromatic heterocycles. The van der Waals surface area contributed by atoms with E-state index >= 15 is 0 Å². The molecule has 0 fully saturated rings. The molecule has 0 bridgehead atoms. The summed E-state index contributed by atoms with van der Waals surface area (Å²) in [7, 11) is 0. The number of rotatable bonds is 5. The zero-order valence-corrected chi connectivity index (χ0v) is 12.7. The van der Waals surface area contributed by atoms with Crippen LogP contribution in [0.3, 0.4) is 0 Å². The molecule has 0 spiro atoms. The Kier molecular flexibility index (Phi) is 4.79. The van der Waals surface area contributed by atoms with E-state index < -0.39 is 0 Å². The van der Waals surface area contributed by atoms with Gasteiger partial charge in [-0.05, 0) is 29.7 Å². The van der Waals surface area contributed by atoms with Crippen LogP contribution in [-0.4, -0.2) is 10.9 Å². The topological polar surface area (TPSA) is 42.0 Å². The van der Waals surface area contributed by atoms with Gasteiger partial charge in [0.2, 0.25) is 0 Å². The molecule has 0 aliphatic rings. The molecule has 23 heavy (non-hydrogen) atoms. The predicted octanol–water partition coefficient (Wildman–Crippen LogP) is 3.80. The van der Waals surface area contributed by atoms with Gasteiger partial charge < -0.3 is 5.32 Å². The second-order valence-corrected chi connectivity index (χ2v) is 5.37. The lowest BCUT2D eigenvalue weighted by atomic mass is 9.98. The first-order valence-electron chi connectivity index (χ1n) is 7.63. The van der Waals surface area contributed by atoms with Crippen molar-refractivity contribution in [1.82, 2.24) is 10.3 Å². The first kappa shape index (κ1) is 15.0. The third-order valence-corrected chi connectivity index (χ3v) is 3.71. The lowest BCUT2D eigenvalue weighted by Crippen LogP contribution is -2.30.